The molecular weight excluding hydrogens is 376 g/mol. The van der Waals surface area contributed by atoms with Crippen LogP contribution >= 0.6 is 11.3 Å². The Morgan fingerprint density at radius 3 is 2.75 bits per heavy atom. The zero-order valence-corrected chi connectivity index (χ0v) is 16.5. The van der Waals surface area contributed by atoms with Gasteiger partial charge in [-0.3, -0.25) is 14.5 Å². The smallest absolute Gasteiger partial charge is 0.254 e. The van der Waals surface area contributed by atoms with Gasteiger partial charge in [-0.25, -0.2) is 0 Å². The molecule has 1 aromatic heterocycles. The van der Waals surface area contributed by atoms with Crippen LogP contribution in [0, 0.1) is 11.3 Å². The first-order valence-corrected chi connectivity index (χ1v) is 9.92. The van der Waals surface area contributed by atoms with Gasteiger partial charge in [0.25, 0.3) is 5.91 Å². The van der Waals surface area contributed by atoms with Crippen molar-refractivity contribution in [1.29, 1.82) is 5.26 Å². The van der Waals surface area contributed by atoms with Crippen LogP contribution in [-0.2, 0) is 4.79 Å². The van der Waals surface area contributed by atoms with Crippen molar-refractivity contribution in [2.75, 3.05) is 45.2 Å². The van der Waals surface area contributed by atoms with Crippen molar-refractivity contribution in [3.63, 3.8) is 0 Å². The average Bonchev–Trinajstić information content (AvgIpc) is 3.19. The van der Waals surface area contributed by atoms with Crippen LogP contribution in [0.3, 0.4) is 0 Å². The molecule has 1 aliphatic rings. The van der Waals surface area contributed by atoms with Crippen molar-refractivity contribution in [3.8, 4) is 11.8 Å². The number of methoxy groups -OCH3 is 1. The Morgan fingerprint density at radius 2 is 2.04 bits per heavy atom. The second-order valence-electron chi connectivity index (χ2n) is 6.44. The van der Waals surface area contributed by atoms with Crippen LogP contribution in [0.1, 0.15) is 22.3 Å². The van der Waals surface area contributed by atoms with Crippen molar-refractivity contribution < 1.29 is 14.3 Å². The predicted octanol–water partition coefficient (Wildman–Crippen LogP) is 2.41. The number of hydrogen-bond acceptors (Lipinski definition) is 6. The van der Waals surface area contributed by atoms with Crippen LogP contribution in [0.25, 0.3) is 0 Å². The fourth-order valence-corrected chi connectivity index (χ4v) is 3.81. The molecule has 0 bridgehead atoms. The lowest BCUT2D eigenvalue weighted by molar-refractivity contribution is -0.116. The molecule has 0 atom stereocenters. The minimum Gasteiger partial charge on any atom is -0.497 e. The van der Waals surface area contributed by atoms with Gasteiger partial charge in [0, 0.05) is 44.7 Å². The lowest BCUT2D eigenvalue weighted by Crippen LogP contribution is -2.49. The number of rotatable bonds is 6. The van der Waals surface area contributed by atoms with Crippen molar-refractivity contribution in [2.24, 2.45) is 0 Å². The van der Waals surface area contributed by atoms with Gasteiger partial charge >= 0.3 is 0 Å². The second-order valence-corrected chi connectivity index (χ2v) is 7.36. The van der Waals surface area contributed by atoms with Gasteiger partial charge in [-0.2, -0.15) is 5.26 Å². The fraction of sp³-hybridized carbons (Fsp3) is 0.350. The van der Waals surface area contributed by atoms with Gasteiger partial charge in [-0.1, -0.05) is 6.07 Å². The van der Waals surface area contributed by atoms with Gasteiger partial charge in [0.2, 0.25) is 5.91 Å². The third kappa shape index (κ3) is 4.88. The molecule has 0 saturated carbocycles. The summed E-state index contributed by atoms with van der Waals surface area (Å²) in [6.45, 7) is 3.33. The molecular formula is C20H22N4O3S. The van der Waals surface area contributed by atoms with Crippen molar-refractivity contribution in [3.05, 3.63) is 46.8 Å². The Morgan fingerprint density at radius 1 is 1.25 bits per heavy atom. The van der Waals surface area contributed by atoms with E-state index in [0.717, 1.165) is 13.1 Å². The molecule has 0 aliphatic carbocycles. The molecule has 3 rings (SSSR count). The van der Waals surface area contributed by atoms with Crippen LogP contribution < -0.4 is 10.1 Å². The number of nitriles is 1. The molecule has 0 unspecified atom stereocenters. The first-order chi connectivity index (χ1) is 13.6. The summed E-state index contributed by atoms with van der Waals surface area (Å²) in [5.41, 5.74) is 1.11. The highest BCUT2D eigenvalue weighted by Gasteiger charge is 2.22. The molecule has 1 N–H and O–H groups in total. The van der Waals surface area contributed by atoms with E-state index in [2.05, 4.69) is 16.3 Å². The van der Waals surface area contributed by atoms with Crippen LogP contribution in [0.4, 0.5) is 5.00 Å². The zero-order valence-electron chi connectivity index (χ0n) is 15.7. The molecule has 2 amide bonds. The molecule has 2 heterocycles. The third-order valence-electron chi connectivity index (χ3n) is 4.67. The van der Waals surface area contributed by atoms with Gasteiger partial charge in [0.05, 0.1) is 12.7 Å². The summed E-state index contributed by atoms with van der Waals surface area (Å²) >= 11 is 1.35. The molecule has 8 heteroatoms. The Bertz CT molecular complexity index is 882. The molecule has 1 fully saturated rings. The predicted molar refractivity (Wildman–Crippen MR) is 108 cm³/mol. The quantitative estimate of drug-likeness (QED) is 0.808. The number of benzene rings is 1. The molecule has 2 aromatic rings. The number of nitrogens with one attached hydrogen (secondary N) is 1. The van der Waals surface area contributed by atoms with Crippen LogP contribution in [-0.4, -0.2) is 61.4 Å². The molecule has 1 aliphatic heterocycles. The van der Waals surface area contributed by atoms with E-state index in [9.17, 15) is 9.59 Å². The summed E-state index contributed by atoms with van der Waals surface area (Å²) in [5.74, 6) is 0.563. The van der Waals surface area contributed by atoms with E-state index in [0.29, 0.717) is 47.9 Å². The van der Waals surface area contributed by atoms with Gasteiger partial charge in [0.1, 0.15) is 16.8 Å². The lowest BCUT2D eigenvalue weighted by atomic mass is 10.1. The lowest BCUT2D eigenvalue weighted by Gasteiger charge is -2.34. The highest BCUT2D eigenvalue weighted by molar-refractivity contribution is 7.14. The number of anilines is 1. The minimum atomic E-state index is -0.103. The maximum Gasteiger partial charge on any atom is 0.254 e. The van der Waals surface area contributed by atoms with E-state index in [-0.39, 0.29) is 11.8 Å². The van der Waals surface area contributed by atoms with Crippen LogP contribution in [0.15, 0.2) is 35.7 Å². The van der Waals surface area contributed by atoms with E-state index in [4.69, 9.17) is 10.00 Å². The summed E-state index contributed by atoms with van der Waals surface area (Å²) in [6, 6.07) is 10.9. The number of amides is 2. The maximum atomic E-state index is 12.6. The third-order valence-corrected chi connectivity index (χ3v) is 5.50. The van der Waals surface area contributed by atoms with Gasteiger partial charge in [-0.05, 0) is 29.6 Å². The van der Waals surface area contributed by atoms with E-state index >= 15 is 0 Å². The largest absolute Gasteiger partial charge is 0.497 e. The number of nitrogens with zero attached hydrogens (tertiary/aromatic N) is 3. The van der Waals surface area contributed by atoms with E-state index in [1.807, 2.05) is 17.0 Å². The first kappa shape index (κ1) is 19.9. The average molecular weight is 398 g/mol. The summed E-state index contributed by atoms with van der Waals surface area (Å²) in [4.78, 5) is 28.8. The number of carbonyl (C=O) groups is 2. The number of hydrogen-bond donors (Lipinski definition) is 1. The number of piperazine rings is 1. The maximum absolute atomic E-state index is 12.6. The monoisotopic (exact) mass is 398 g/mol. The summed E-state index contributed by atoms with van der Waals surface area (Å²) in [5, 5.41) is 14.2. The minimum absolute atomic E-state index is 0.00183. The Labute approximate surface area is 168 Å². The molecule has 146 valence electrons. The van der Waals surface area contributed by atoms with Gasteiger partial charge in [-0.15, -0.1) is 11.3 Å². The summed E-state index contributed by atoms with van der Waals surface area (Å²) in [7, 11) is 1.58. The molecule has 7 nitrogen and oxygen atoms in total. The van der Waals surface area contributed by atoms with E-state index < -0.39 is 0 Å². The first-order valence-electron chi connectivity index (χ1n) is 9.04. The summed E-state index contributed by atoms with van der Waals surface area (Å²) < 4.78 is 5.18. The number of ether oxygens (including phenoxy) is 1. The number of carbonyl (C=O) groups excluding carboxylic acids is 2. The number of thiophene rings is 1. The Kier molecular flexibility index (Phi) is 6.63. The summed E-state index contributed by atoms with van der Waals surface area (Å²) in [6.07, 6.45) is 0.354. The zero-order chi connectivity index (χ0) is 19.9. The van der Waals surface area contributed by atoms with Crippen LogP contribution in [0.2, 0.25) is 0 Å². The Balaban J connectivity index is 1.44. The Hall–Kier alpha value is -2.89. The van der Waals surface area contributed by atoms with Crippen molar-refractivity contribution in [2.45, 2.75) is 6.42 Å². The SMILES string of the molecule is COc1cccc(C(=O)N2CCN(CCC(=O)Nc3sccc3C#N)CC2)c1. The topological polar surface area (TPSA) is 85.7 Å². The van der Waals surface area contributed by atoms with E-state index in [1.165, 1.54) is 11.3 Å². The molecule has 0 radical (unpaired) electrons. The van der Waals surface area contributed by atoms with Crippen LogP contribution in [0.5, 0.6) is 5.75 Å². The normalized spacial score (nSPS) is 14.4. The second kappa shape index (κ2) is 9.35. The van der Waals surface area contributed by atoms with Crippen molar-refractivity contribution >= 4 is 28.2 Å². The molecule has 0 spiro atoms. The molecule has 28 heavy (non-hydrogen) atoms. The highest BCUT2D eigenvalue weighted by atomic mass is 32.1. The molecule has 1 saturated heterocycles. The van der Waals surface area contributed by atoms with E-state index in [1.54, 1.807) is 30.7 Å². The fourth-order valence-electron chi connectivity index (χ4n) is 3.06. The van der Waals surface area contributed by atoms with Gasteiger partial charge < -0.3 is 15.0 Å². The van der Waals surface area contributed by atoms with Crippen molar-refractivity contribution in [1.82, 2.24) is 9.80 Å². The molecule has 1 aromatic carbocycles. The highest BCUT2D eigenvalue weighted by Crippen LogP contribution is 2.22. The van der Waals surface area contributed by atoms with Gasteiger partial charge in [0.15, 0.2) is 0 Å². The standard InChI is InChI=1S/C20H22N4O3S/c1-27-17-4-2-3-15(13-17)20(26)24-10-8-23(9-11-24)7-5-18(25)22-19-16(14-21)6-12-28-19/h2-4,6,12-13H,5,7-11H2,1H3,(H,22,25).